The number of aromatic nitrogens is 1. The lowest BCUT2D eigenvalue weighted by Gasteiger charge is -2.33. The van der Waals surface area contributed by atoms with Gasteiger partial charge in [-0.15, -0.1) is 0 Å². The Hall–Kier alpha value is -2.18. The molecule has 0 aliphatic carbocycles. The fraction of sp³-hybridized carbons (Fsp3) is 0.562. The fourth-order valence-electron chi connectivity index (χ4n) is 2.53. The first-order valence-corrected chi connectivity index (χ1v) is 7.62. The van der Waals surface area contributed by atoms with Crippen molar-refractivity contribution in [3.05, 3.63) is 29.8 Å². The zero-order chi connectivity index (χ0) is 17.0. The van der Waals surface area contributed by atoms with Gasteiger partial charge in [0, 0.05) is 19.0 Å². The molecule has 1 aromatic rings. The van der Waals surface area contributed by atoms with E-state index in [9.17, 15) is 14.4 Å². The number of ether oxygens (including phenoxy) is 1. The Morgan fingerprint density at radius 3 is 2.52 bits per heavy atom. The molecule has 126 valence electrons. The average molecular weight is 323 g/mol. The maximum Gasteiger partial charge on any atom is 0.410 e. The van der Waals surface area contributed by atoms with Crippen LogP contribution >= 0.6 is 0 Å². The van der Waals surface area contributed by atoms with Gasteiger partial charge in [-0.1, -0.05) is 5.16 Å². The molecular weight excluding hydrogens is 301 g/mol. The molecule has 0 spiro atoms. The molecule has 1 fully saturated rings. The van der Waals surface area contributed by atoms with Gasteiger partial charge in [-0.2, -0.15) is 0 Å². The largest absolute Gasteiger partial charge is 0.444 e. The maximum absolute atomic E-state index is 12.9. The molecule has 0 bridgehead atoms. The van der Waals surface area contributed by atoms with Gasteiger partial charge in [0.2, 0.25) is 0 Å². The van der Waals surface area contributed by atoms with Crippen molar-refractivity contribution in [1.29, 1.82) is 0 Å². The summed E-state index contributed by atoms with van der Waals surface area (Å²) >= 11 is 0. The predicted octanol–water partition coefficient (Wildman–Crippen LogP) is 3.05. The predicted molar refractivity (Wildman–Crippen MR) is 83.0 cm³/mol. The van der Waals surface area contributed by atoms with Crippen LogP contribution in [0.4, 0.5) is 9.18 Å². The minimum absolute atomic E-state index is 0.0309. The highest BCUT2D eigenvalue weighted by molar-refractivity contribution is 6.00. The number of hydrogen-bond donors (Lipinski definition) is 1. The number of piperidine rings is 1. The Kier molecular flexibility index (Phi) is 5.18. The van der Waals surface area contributed by atoms with E-state index in [1.54, 1.807) is 4.90 Å². The SMILES string of the molecule is CC(C)(C)OC(=O)N1CCC(/C(=N\O)c2ccc(F)cn2)CC1. The molecule has 1 aliphatic heterocycles. The number of pyridine rings is 1. The standard InChI is InChI=1S/C16H22FN3O3/c1-16(2,3)23-15(21)20-8-6-11(7-9-20)14(19-22)13-5-4-12(17)10-18-13/h4-5,10-11,22H,6-9H2,1-3H3/b19-14+. The van der Waals surface area contributed by atoms with Gasteiger partial charge in [0.1, 0.15) is 17.1 Å². The van der Waals surface area contributed by atoms with Crippen LogP contribution in [-0.4, -0.2) is 45.6 Å². The number of halogens is 1. The number of oxime groups is 1. The highest BCUT2D eigenvalue weighted by Crippen LogP contribution is 2.23. The van der Waals surface area contributed by atoms with Crippen molar-refractivity contribution in [2.75, 3.05) is 13.1 Å². The van der Waals surface area contributed by atoms with E-state index in [1.165, 1.54) is 12.1 Å². The van der Waals surface area contributed by atoms with E-state index in [-0.39, 0.29) is 12.0 Å². The number of hydrogen-bond acceptors (Lipinski definition) is 5. The average Bonchev–Trinajstić information content (AvgIpc) is 2.49. The highest BCUT2D eigenvalue weighted by atomic mass is 19.1. The van der Waals surface area contributed by atoms with Crippen LogP contribution in [0.2, 0.25) is 0 Å². The summed E-state index contributed by atoms with van der Waals surface area (Å²) in [5, 5.41) is 12.6. The van der Waals surface area contributed by atoms with E-state index in [4.69, 9.17) is 4.74 Å². The van der Waals surface area contributed by atoms with E-state index in [0.29, 0.717) is 37.3 Å². The summed E-state index contributed by atoms with van der Waals surface area (Å²) in [4.78, 5) is 17.6. The smallest absolute Gasteiger partial charge is 0.410 e. The lowest BCUT2D eigenvalue weighted by atomic mass is 9.90. The van der Waals surface area contributed by atoms with Crippen LogP contribution in [0.5, 0.6) is 0 Å². The molecular formula is C16H22FN3O3. The molecule has 2 heterocycles. The Morgan fingerprint density at radius 2 is 2.04 bits per heavy atom. The van der Waals surface area contributed by atoms with E-state index in [1.807, 2.05) is 20.8 Å². The summed E-state index contributed by atoms with van der Waals surface area (Å²) in [5.74, 6) is -0.470. The molecule has 1 aromatic heterocycles. The van der Waals surface area contributed by atoms with E-state index >= 15 is 0 Å². The molecule has 2 rings (SSSR count). The van der Waals surface area contributed by atoms with Gasteiger partial charge in [-0.25, -0.2) is 9.18 Å². The fourth-order valence-corrected chi connectivity index (χ4v) is 2.53. The third-order valence-electron chi connectivity index (χ3n) is 3.63. The molecule has 0 atom stereocenters. The molecule has 1 saturated heterocycles. The summed E-state index contributed by atoms with van der Waals surface area (Å²) in [6.45, 7) is 6.51. The van der Waals surface area contributed by atoms with Crippen molar-refractivity contribution in [3.63, 3.8) is 0 Å². The number of rotatable bonds is 2. The van der Waals surface area contributed by atoms with Gasteiger partial charge in [-0.3, -0.25) is 4.98 Å². The van der Waals surface area contributed by atoms with Crippen LogP contribution in [-0.2, 0) is 4.74 Å². The lowest BCUT2D eigenvalue weighted by Crippen LogP contribution is -2.43. The second kappa shape index (κ2) is 6.93. The third-order valence-corrected chi connectivity index (χ3v) is 3.63. The van der Waals surface area contributed by atoms with Gasteiger partial charge in [0.25, 0.3) is 0 Å². The van der Waals surface area contributed by atoms with Crippen molar-refractivity contribution in [3.8, 4) is 0 Å². The van der Waals surface area contributed by atoms with Gasteiger partial charge in [-0.05, 0) is 45.7 Å². The summed E-state index contributed by atoms with van der Waals surface area (Å²) < 4.78 is 18.3. The summed E-state index contributed by atoms with van der Waals surface area (Å²) in [7, 11) is 0. The number of nitrogens with zero attached hydrogens (tertiary/aromatic N) is 3. The molecule has 1 amide bonds. The normalized spacial score (nSPS) is 17.2. The molecule has 0 aromatic carbocycles. The highest BCUT2D eigenvalue weighted by Gasteiger charge is 2.30. The monoisotopic (exact) mass is 323 g/mol. The van der Waals surface area contributed by atoms with Gasteiger partial charge >= 0.3 is 6.09 Å². The lowest BCUT2D eigenvalue weighted by molar-refractivity contribution is 0.0201. The summed E-state index contributed by atoms with van der Waals surface area (Å²) in [5.41, 5.74) is 0.349. The minimum atomic E-state index is -0.524. The van der Waals surface area contributed by atoms with Crippen molar-refractivity contribution in [2.24, 2.45) is 11.1 Å². The number of amides is 1. The molecule has 1 aliphatic rings. The molecule has 0 saturated carbocycles. The third kappa shape index (κ3) is 4.64. The summed E-state index contributed by atoms with van der Waals surface area (Å²) in [6.07, 6.45) is 2.03. The second-order valence-electron chi connectivity index (χ2n) is 6.59. The van der Waals surface area contributed by atoms with E-state index < -0.39 is 11.4 Å². The Morgan fingerprint density at radius 1 is 1.39 bits per heavy atom. The summed E-state index contributed by atoms with van der Waals surface area (Å²) in [6, 6.07) is 2.77. The molecule has 7 heteroatoms. The maximum atomic E-state index is 12.9. The van der Waals surface area contributed by atoms with Crippen LogP contribution in [0, 0.1) is 11.7 Å². The molecule has 23 heavy (non-hydrogen) atoms. The Balaban J connectivity index is 1.97. The first-order chi connectivity index (χ1) is 10.8. The number of carbonyl (C=O) groups excluding carboxylic acids is 1. The van der Waals surface area contributed by atoms with Crippen molar-refractivity contribution >= 4 is 11.8 Å². The zero-order valence-corrected chi connectivity index (χ0v) is 13.6. The minimum Gasteiger partial charge on any atom is -0.444 e. The van der Waals surface area contributed by atoms with E-state index in [0.717, 1.165) is 6.20 Å². The molecule has 1 N–H and O–H groups in total. The van der Waals surface area contributed by atoms with Gasteiger partial charge in [0.15, 0.2) is 0 Å². The van der Waals surface area contributed by atoms with Crippen molar-refractivity contribution < 1.29 is 19.1 Å². The molecule has 0 unspecified atom stereocenters. The number of carbonyl (C=O) groups is 1. The van der Waals surface area contributed by atoms with Gasteiger partial charge < -0.3 is 14.8 Å². The van der Waals surface area contributed by atoms with Crippen LogP contribution < -0.4 is 0 Å². The van der Waals surface area contributed by atoms with Crippen LogP contribution in [0.15, 0.2) is 23.5 Å². The van der Waals surface area contributed by atoms with Gasteiger partial charge in [0.05, 0.1) is 11.9 Å². The van der Waals surface area contributed by atoms with Crippen molar-refractivity contribution in [1.82, 2.24) is 9.88 Å². The van der Waals surface area contributed by atoms with Crippen LogP contribution in [0.25, 0.3) is 0 Å². The second-order valence-corrected chi connectivity index (χ2v) is 6.59. The van der Waals surface area contributed by atoms with Crippen LogP contribution in [0.3, 0.4) is 0 Å². The first kappa shape index (κ1) is 17.2. The number of likely N-dealkylation sites (tertiary alicyclic amines) is 1. The van der Waals surface area contributed by atoms with E-state index in [2.05, 4.69) is 10.1 Å². The Bertz CT molecular complexity index is 573. The first-order valence-electron chi connectivity index (χ1n) is 7.62. The quantitative estimate of drug-likeness (QED) is 0.516. The molecule has 0 radical (unpaired) electrons. The zero-order valence-electron chi connectivity index (χ0n) is 13.6. The molecule has 6 nitrogen and oxygen atoms in total. The van der Waals surface area contributed by atoms with Crippen molar-refractivity contribution in [2.45, 2.75) is 39.2 Å². The topological polar surface area (TPSA) is 75.0 Å². The van der Waals surface area contributed by atoms with Crippen LogP contribution in [0.1, 0.15) is 39.3 Å². The Labute approximate surface area is 135 Å².